The summed E-state index contributed by atoms with van der Waals surface area (Å²) in [6.45, 7) is 4.23. The molecule has 0 saturated carbocycles. The van der Waals surface area contributed by atoms with Crippen LogP contribution in [-0.2, 0) is 4.84 Å². The van der Waals surface area contributed by atoms with Crippen molar-refractivity contribution in [2.45, 2.75) is 19.8 Å². The first-order chi connectivity index (χ1) is 6.24. The van der Waals surface area contributed by atoms with Crippen LogP contribution < -0.4 is 0 Å². The molecule has 70 valence electrons. The topological polar surface area (TPSA) is 34.5 Å². The Kier molecular flexibility index (Phi) is 3.43. The quantitative estimate of drug-likeness (QED) is 0.525. The van der Waals surface area contributed by atoms with Crippen molar-refractivity contribution < 1.29 is 4.84 Å². The van der Waals surface area contributed by atoms with Crippen molar-refractivity contribution in [1.29, 1.82) is 0 Å². The van der Waals surface area contributed by atoms with Crippen LogP contribution in [0.4, 0.5) is 0 Å². The molecule has 0 aliphatic heterocycles. The fourth-order valence-electron chi connectivity index (χ4n) is 0.948. The van der Waals surface area contributed by atoms with Gasteiger partial charge in [-0.05, 0) is 18.1 Å². The minimum Gasteiger partial charge on any atom is -0.399 e. The fraction of sp³-hybridized carbons (Fsp3) is 0.400. The molecule has 3 heteroatoms. The summed E-state index contributed by atoms with van der Waals surface area (Å²) in [5, 5.41) is 3.65. The van der Waals surface area contributed by atoms with Crippen molar-refractivity contribution in [2.24, 2.45) is 5.16 Å². The van der Waals surface area contributed by atoms with Gasteiger partial charge in [0.25, 0.3) is 0 Å². The van der Waals surface area contributed by atoms with E-state index in [-0.39, 0.29) is 0 Å². The molecule has 0 fully saturated rings. The minimum atomic E-state index is 0.466. The fourth-order valence-corrected chi connectivity index (χ4v) is 0.948. The van der Waals surface area contributed by atoms with Gasteiger partial charge in [0, 0.05) is 17.5 Å². The van der Waals surface area contributed by atoms with Crippen molar-refractivity contribution in [3.63, 3.8) is 0 Å². The molecule has 0 atom stereocenters. The Labute approximate surface area is 78.4 Å². The van der Waals surface area contributed by atoms with E-state index in [4.69, 9.17) is 0 Å². The lowest BCUT2D eigenvalue weighted by atomic mass is 10.1. The molecule has 1 aromatic rings. The highest BCUT2D eigenvalue weighted by molar-refractivity contribution is 5.78. The van der Waals surface area contributed by atoms with E-state index in [1.807, 2.05) is 12.1 Å². The van der Waals surface area contributed by atoms with E-state index in [1.165, 1.54) is 7.11 Å². The number of nitrogens with zero attached hydrogens (tertiary/aromatic N) is 2. The van der Waals surface area contributed by atoms with E-state index >= 15 is 0 Å². The first-order valence-electron chi connectivity index (χ1n) is 4.26. The molecule has 1 heterocycles. The van der Waals surface area contributed by atoms with E-state index in [9.17, 15) is 0 Å². The number of rotatable bonds is 3. The highest BCUT2D eigenvalue weighted by Gasteiger charge is 1.98. The van der Waals surface area contributed by atoms with Gasteiger partial charge in [0.05, 0.1) is 6.21 Å². The SMILES string of the molecule is CO/N=C/c1ccc(C(C)C)nc1. The van der Waals surface area contributed by atoms with E-state index in [0.29, 0.717) is 5.92 Å². The smallest absolute Gasteiger partial charge is 0.106 e. The monoisotopic (exact) mass is 178 g/mol. The van der Waals surface area contributed by atoms with Gasteiger partial charge >= 0.3 is 0 Å². The molecule has 0 bridgehead atoms. The lowest BCUT2D eigenvalue weighted by Crippen LogP contribution is -1.93. The normalized spacial score (nSPS) is 11.1. The van der Waals surface area contributed by atoms with Gasteiger partial charge in [0.2, 0.25) is 0 Å². The van der Waals surface area contributed by atoms with Crippen LogP contribution in [0.25, 0.3) is 0 Å². The second kappa shape index (κ2) is 4.60. The summed E-state index contributed by atoms with van der Waals surface area (Å²) in [6.07, 6.45) is 3.43. The highest BCUT2D eigenvalue weighted by atomic mass is 16.6. The molecule has 0 aromatic carbocycles. The molecule has 1 rings (SSSR count). The third-order valence-electron chi connectivity index (χ3n) is 1.71. The summed E-state index contributed by atoms with van der Waals surface area (Å²) in [7, 11) is 1.52. The van der Waals surface area contributed by atoms with E-state index in [1.54, 1.807) is 12.4 Å². The molecule has 0 saturated heterocycles. The third-order valence-corrected chi connectivity index (χ3v) is 1.71. The maximum atomic E-state index is 4.57. The summed E-state index contributed by atoms with van der Waals surface area (Å²) in [5.74, 6) is 0.466. The molecular formula is C10H14N2O. The number of oxime groups is 1. The summed E-state index contributed by atoms with van der Waals surface area (Å²) in [4.78, 5) is 8.85. The van der Waals surface area contributed by atoms with Crippen LogP contribution in [0.5, 0.6) is 0 Å². The number of aromatic nitrogens is 1. The van der Waals surface area contributed by atoms with Gasteiger partial charge in [-0.15, -0.1) is 0 Å². The second-order valence-electron chi connectivity index (χ2n) is 3.09. The van der Waals surface area contributed by atoms with Gasteiger partial charge < -0.3 is 4.84 Å². The molecule has 0 N–H and O–H groups in total. The zero-order chi connectivity index (χ0) is 9.68. The van der Waals surface area contributed by atoms with Crippen LogP contribution in [0.2, 0.25) is 0 Å². The van der Waals surface area contributed by atoms with Crippen LogP contribution in [-0.4, -0.2) is 18.3 Å². The predicted molar refractivity (Wildman–Crippen MR) is 52.9 cm³/mol. The third kappa shape index (κ3) is 2.86. The van der Waals surface area contributed by atoms with E-state index < -0.39 is 0 Å². The second-order valence-corrected chi connectivity index (χ2v) is 3.09. The van der Waals surface area contributed by atoms with Gasteiger partial charge in [-0.1, -0.05) is 19.0 Å². The Balaban J connectivity index is 2.75. The Morgan fingerprint density at radius 3 is 2.69 bits per heavy atom. The Hall–Kier alpha value is -1.38. The van der Waals surface area contributed by atoms with Crippen molar-refractivity contribution >= 4 is 6.21 Å². The molecular weight excluding hydrogens is 164 g/mol. The van der Waals surface area contributed by atoms with Crippen LogP contribution in [0.1, 0.15) is 31.0 Å². The van der Waals surface area contributed by atoms with Crippen LogP contribution in [0.3, 0.4) is 0 Å². The zero-order valence-corrected chi connectivity index (χ0v) is 8.19. The number of pyridine rings is 1. The molecule has 0 spiro atoms. The zero-order valence-electron chi connectivity index (χ0n) is 8.19. The molecule has 3 nitrogen and oxygen atoms in total. The molecule has 1 aromatic heterocycles. The summed E-state index contributed by atoms with van der Waals surface area (Å²) in [5.41, 5.74) is 2.04. The molecule has 0 amide bonds. The number of hydrogen-bond donors (Lipinski definition) is 0. The molecule has 0 radical (unpaired) electrons. The molecule has 13 heavy (non-hydrogen) atoms. The molecule has 0 unspecified atom stereocenters. The first kappa shape index (κ1) is 9.71. The standard InChI is InChI=1S/C10H14N2O/c1-8(2)10-5-4-9(6-11-10)7-12-13-3/h4-8H,1-3H3/b12-7+. The minimum absolute atomic E-state index is 0.466. The molecule has 0 aliphatic rings. The lowest BCUT2D eigenvalue weighted by molar-refractivity contribution is 0.215. The predicted octanol–water partition coefficient (Wildman–Crippen LogP) is 2.19. The summed E-state index contributed by atoms with van der Waals surface area (Å²) in [6, 6.07) is 3.98. The van der Waals surface area contributed by atoms with Gasteiger partial charge in [-0.3, -0.25) is 4.98 Å². The van der Waals surface area contributed by atoms with Crippen LogP contribution in [0.15, 0.2) is 23.5 Å². The van der Waals surface area contributed by atoms with Gasteiger partial charge in [0.15, 0.2) is 0 Å². The highest BCUT2D eigenvalue weighted by Crippen LogP contribution is 2.10. The van der Waals surface area contributed by atoms with E-state index in [2.05, 4.69) is 28.8 Å². The largest absolute Gasteiger partial charge is 0.399 e. The maximum Gasteiger partial charge on any atom is 0.106 e. The average molecular weight is 178 g/mol. The van der Waals surface area contributed by atoms with Crippen molar-refractivity contribution in [3.05, 3.63) is 29.6 Å². The maximum absolute atomic E-state index is 4.57. The van der Waals surface area contributed by atoms with Crippen molar-refractivity contribution in [3.8, 4) is 0 Å². The first-order valence-corrected chi connectivity index (χ1v) is 4.26. The van der Waals surface area contributed by atoms with Gasteiger partial charge in [-0.25, -0.2) is 0 Å². The Morgan fingerprint density at radius 1 is 1.46 bits per heavy atom. The average Bonchev–Trinajstić information content (AvgIpc) is 2.15. The van der Waals surface area contributed by atoms with Gasteiger partial charge in [-0.2, -0.15) is 0 Å². The van der Waals surface area contributed by atoms with Crippen LogP contribution >= 0.6 is 0 Å². The van der Waals surface area contributed by atoms with Gasteiger partial charge in [0.1, 0.15) is 7.11 Å². The summed E-state index contributed by atoms with van der Waals surface area (Å²) >= 11 is 0. The summed E-state index contributed by atoms with van der Waals surface area (Å²) < 4.78 is 0. The molecule has 0 aliphatic carbocycles. The van der Waals surface area contributed by atoms with E-state index in [0.717, 1.165) is 11.3 Å². The lowest BCUT2D eigenvalue weighted by Gasteiger charge is -2.02. The van der Waals surface area contributed by atoms with Crippen molar-refractivity contribution in [1.82, 2.24) is 4.98 Å². The van der Waals surface area contributed by atoms with Crippen LogP contribution in [0, 0.1) is 0 Å². The Morgan fingerprint density at radius 2 is 2.23 bits per heavy atom. The Bertz CT molecular complexity index is 277. The number of hydrogen-bond acceptors (Lipinski definition) is 3. The van der Waals surface area contributed by atoms with Crippen molar-refractivity contribution in [2.75, 3.05) is 7.11 Å².